The predicted molar refractivity (Wildman–Crippen MR) is 110 cm³/mol. The van der Waals surface area contributed by atoms with Crippen molar-refractivity contribution < 1.29 is 19.0 Å². The molecule has 5 heteroatoms. The van der Waals surface area contributed by atoms with Crippen LogP contribution in [0.4, 0.5) is 9.18 Å². The zero-order chi connectivity index (χ0) is 20.2. The Morgan fingerprint density at radius 1 is 1.03 bits per heavy atom. The zero-order valence-corrected chi connectivity index (χ0v) is 15.6. The van der Waals surface area contributed by atoms with Gasteiger partial charge in [-0.15, -0.1) is 0 Å². The fourth-order valence-electron chi connectivity index (χ4n) is 3.64. The van der Waals surface area contributed by atoms with Gasteiger partial charge in [0.2, 0.25) is 0 Å². The summed E-state index contributed by atoms with van der Waals surface area (Å²) in [6.45, 7) is 0.445. The van der Waals surface area contributed by atoms with E-state index in [0.29, 0.717) is 5.56 Å². The Labute approximate surface area is 168 Å². The van der Waals surface area contributed by atoms with E-state index in [1.807, 2.05) is 24.3 Å². The van der Waals surface area contributed by atoms with Gasteiger partial charge in [0.15, 0.2) is 0 Å². The summed E-state index contributed by atoms with van der Waals surface area (Å²) in [5.74, 6) is -0.455. The lowest BCUT2D eigenvalue weighted by atomic mass is 9.98. The van der Waals surface area contributed by atoms with Gasteiger partial charge in [-0.05, 0) is 40.5 Å². The molecule has 0 aliphatic heterocycles. The molecule has 4 nitrogen and oxygen atoms in total. The van der Waals surface area contributed by atoms with Gasteiger partial charge in [0.25, 0.3) is 0 Å². The number of phenols is 1. The van der Waals surface area contributed by atoms with Crippen molar-refractivity contribution >= 4 is 12.2 Å². The van der Waals surface area contributed by atoms with E-state index < -0.39 is 11.9 Å². The third kappa shape index (κ3) is 3.99. The van der Waals surface area contributed by atoms with Gasteiger partial charge in [-0.2, -0.15) is 0 Å². The van der Waals surface area contributed by atoms with Crippen LogP contribution in [0.2, 0.25) is 0 Å². The second kappa shape index (κ2) is 8.19. The highest BCUT2D eigenvalue weighted by Gasteiger charge is 2.28. The number of aromatic hydroxyl groups is 1. The number of benzene rings is 3. The number of hydrogen-bond donors (Lipinski definition) is 2. The monoisotopic (exact) mass is 389 g/mol. The quantitative estimate of drug-likeness (QED) is 0.640. The molecule has 1 amide bonds. The molecular weight excluding hydrogens is 369 g/mol. The molecule has 29 heavy (non-hydrogen) atoms. The van der Waals surface area contributed by atoms with Gasteiger partial charge in [0.05, 0.1) is 0 Å². The lowest BCUT2D eigenvalue weighted by Crippen LogP contribution is -2.26. The molecule has 4 rings (SSSR count). The van der Waals surface area contributed by atoms with Gasteiger partial charge < -0.3 is 15.2 Å². The molecule has 146 valence electrons. The Bertz CT molecular complexity index is 1030. The van der Waals surface area contributed by atoms with Gasteiger partial charge in [-0.3, -0.25) is 0 Å². The number of halogens is 1. The van der Waals surface area contributed by atoms with Crippen LogP contribution in [0.3, 0.4) is 0 Å². The first kappa shape index (κ1) is 18.7. The minimum atomic E-state index is -0.528. The van der Waals surface area contributed by atoms with E-state index in [2.05, 4.69) is 29.6 Å². The molecule has 0 bridgehead atoms. The van der Waals surface area contributed by atoms with Crippen LogP contribution in [0.1, 0.15) is 22.6 Å². The summed E-state index contributed by atoms with van der Waals surface area (Å²) in [5, 5.41) is 12.3. The summed E-state index contributed by atoms with van der Waals surface area (Å²) in [5.41, 5.74) is 5.01. The lowest BCUT2D eigenvalue weighted by molar-refractivity contribution is 0.144. The molecule has 0 saturated carbocycles. The van der Waals surface area contributed by atoms with Gasteiger partial charge in [-0.25, -0.2) is 9.18 Å². The molecule has 1 aliphatic carbocycles. The maximum absolute atomic E-state index is 13.2. The Balaban J connectivity index is 1.34. The van der Waals surface area contributed by atoms with Crippen molar-refractivity contribution in [2.45, 2.75) is 5.92 Å². The van der Waals surface area contributed by atoms with Gasteiger partial charge in [0, 0.05) is 18.0 Å². The topological polar surface area (TPSA) is 58.6 Å². The van der Waals surface area contributed by atoms with Crippen LogP contribution >= 0.6 is 0 Å². The molecular formula is C24H20FNO3. The summed E-state index contributed by atoms with van der Waals surface area (Å²) >= 11 is 0. The van der Waals surface area contributed by atoms with Crippen LogP contribution in [0, 0.1) is 5.82 Å². The minimum Gasteiger partial charge on any atom is -0.507 e. The van der Waals surface area contributed by atoms with Gasteiger partial charge >= 0.3 is 6.09 Å². The highest BCUT2D eigenvalue weighted by atomic mass is 19.1. The molecule has 0 unspecified atom stereocenters. The van der Waals surface area contributed by atoms with Crippen molar-refractivity contribution in [2.75, 3.05) is 13.2 Å². The number of fused-ring (bicyclic) bond motifs is 3. The molecule has 3 aromatic carbocycles. The molecule has 0 atom stereocenters. The number of carbonyl (C=O) groups is 1. The van der Waals surface area contributed by atoms with Crippen molar-refractivity contribution in [1.82, 2.24) is 5.32 Å². The van der Waals surface area contributed by atoms with Crippen molar-refractivity contribution in [2.24, 2.45) is 0 Å². The molecule has 0 aromatic heterocycles. The Hall–Kier alpha value is -3.60. The standard InChI is InChI=1S/C24H20FNO3/c25-17-11-12-23(27)16(14-17)6-5-13-26-24(28)29-15-22-20-9-3-1-7-18(20)19-8-2-4-10-21(19)22/h1-12,14,22,27H,13,15H2,(H,26,28). The Morgan fingerprint density at radius 2 is 1.69 bits per heavy atom. The van der Waals surface area contributed by atoms with Crippen molar-refractivity contribution in [1.29, 1.82) is 0 Å². The van der Waals surface area contributed by atoms with Crippen LogP contribution in [0.15, 0.2) is 72.8 Å². The van der Waals surface area contributed by atoms with Crippen LogP contribution in [0.25, 0.3) is 17.2 Å². The van der Waals surface area contributed by atoms with E-state index in [4.69, 9.17) is 4.74 Å². The van der Waals surface area contributed by atoms with Crippen LogP contribution < -0.4 is 5.32 Å². The van der Waals surface area contributed by atoms with E-state index in [1.165, 1.54) is 29.3 Å². The van der Waals surface area contributed by atoms with Crippen LogP contribution in [-0.4, -0.2) is 24.4 Å². The second-order valence-corrected chi connectivity index (χ2v) is 6.81. The first-order valence-corrected chi connectivity index (χ1v) is 9.37. The average Bonchev–Trinajstić information content (AvgIpc) is 3.06. The molecule has 0 spiro atoms. The maximum Gasteiger partial charge on any atom is 0.407 e. The number of alkyl carbamates (subject to hydrolysis) is 1. The van der Waals surface area contributed by atoms with Crippen molar-refractivity contribution in [3.8, 4) is 16.9 Å². The lowest BCUT2D eigenvalue weighted by Gasteiger charge is -2.14. The third-order valence-electron chi connectivity index (χ3n) is 4.99. The van der Waals surface area contributed by atoms with E-state index >= 15 is 0 Å². The maximum atomic E-state index is 13.2. The first-order chi connectivity index (χ1) is 14.1. The molecule has 3 aromatic rings. The number of ether oxygens (including phenoxy) is 1. The number of nitrogens with one attached hydrogen (secondary N) is 1. The number of rotatable bonds is 5. The van der Waals surface area contributed by atoms with Gasteiger partial charge in [-0.1, -0.05) is 60.7 Å². The fourth-order valence-corrected chi connectivity index (χ4v) is 3.64. The summed E-state index contributed by atoms with van der Waals surface area (Å²) in [7, 11) is 0. The largest absolute Gasteiger partial charge is 0.507 e. The Kier molecular flexibility index (Phi) is 5.29. The van der Waals surface area contributed by atoms with Crippen LogP contribution in [-0.2, 0) is 4.74 Å². The molecule has 0 fully saturated rings. The smallest absolute Gasteiger partial charge is 0.407 e. The van der Waals surface area contributed by atoms with E-state index in [1.54, 1.807) is 12.2 Å². The molecule has 0 radical (unpaired) electrons. The predicted octanol–water partition coefficient (Wildman–Crippen LogP) is 5.08. The van der Waals surface area contributed by atoms with Crippen molar-refractivity contribution in [3.63, 3.8) is 0 Å². The van der Waals surface area contributed by atoms with Crippen LogP contribution in [0.5, 0.6) is 5.75 Å². The molecule has 1 aliphatic rings. The average molecular weight is 389 g/mol. The second-order valence-electron chi connectivity index (χ2n) is 6.81. The number of hydrogen-bond acceptors (Lipinski definition) is 3. The fraction of sp³-hybridized carbons (Fsp3) is 0.125. The Morgan fingerprint density at radius 3 is 2.38 bits per heavy atom. The molecule has 2 N–H and O–H groups in total. The summed E-state index contributed by atoms with van der Waals surface area (Å²) in [6.07, 6.45) is 2.64. The summed E-state index contributed by atoms with van der Waals surface area (Å²) in [4.78, 5) is 12.1. The minimum absolute atomic E-state index is 0.00735. The summed E-state index contributed by atoms with van der Waals surface area (Å²) in [6, 6.07) is 20.0. The van der Waals surface area contributed by atoms with E-state index in [9.17, 15) is 14.3 Å². The van der Waals surface area contributed by atoms with E-state index in [0.717, 1.165) is 11.1 Å². The highest BCUT2D eigenvalue weighted by Crippen LogP contribution is 2.44. The molecule has 0 saturated heterocycles. The number of amides is 1. The summed E-state index contributed by atoms with van der Waals surface area (Å²) < 4.78 is 18.7. The number of phenolic OH excluding ortho intramolecular Hbond substituents is 1. The number of carbonyl (C=O) groups excluding carboxylic acids is 1. The normalized spacial score (nSPS) is 12.6. The van der Waals surface area contributed by atoms with Crippen molar-refractivity contribution in [3.05, 3.63) is 95.3 Å². The third-order valence-corrected chi connectivity index (χ3v) is 4.99. The first-order valence-electron chi connectivity index (χ1n) is 9.37. The zero-order valence-electron chi connectivity index (χ0n) is 15.6. The highest BCUT2D eigenvalue weighted by molar-refractivity contribution is 5.79. The SMILES string of the molecule is O=C(NCC=Cc1cc(F)ccc1O)OCC1c2ccccc2-c2ccccc21. The molecule has 0 heterocycles. The van der Waals surface area contributed by atoms with Gasteiger partial charge in [0.1, 0.15) is 18.2 Å². The van der Waals surface area contributed by atoms with E-state index in [-0.39, 0.29) is 24.8 Å².